The number of hydrogen-bond acceptors (Lipinski definition) is 4. The summed E-state index contributed by atoms with van der Waals surface area (Å²) in [6.45, 7) is 1.68. The monoisotopic (exact) mass is 335 g/mol. The van der Waals surface area contributed by atoms with Crippen LogP contribution in [-0.2, 0) is 4.79 Å². The van der Waals surface area contributed by atoms with Gasteiger partial charge in [-0.15, -0.1) is 0 Å². The molecule has 24 heavy (non-hydrogen) atoms. The van der Waals surface area contributed by atoms with Crippen molar-refractivity contribution in [1.29, 1.82) is 0 Å². The van der Waals surface area contributed by atoms with Gasteiger partial charge in [0.25, 0.3) is 5.91 Å². The molecule has 2 rings (SSSR count). The Morgan fingerprint density at radius 1 is 1.17 bits per heavy atom. The van der Waals surface area contributed by atoms with Gasteiger partial charge >= 0.3 is 5.97 Å². The van der Waals surface area contributed by atoms with Gasteiger partial charge in [0.05, 0.1) is 12.7 Å². The van der Waals surface area contributed by atoms with Crippen LogP contribution in [0.1, 0.15) is 55.8 Å². The summed E-state index contributed by atoms with van der Waals surface area (Å²) in [4.78, 5) is 23.3. The Labute approximate surface area is 142 Å². The Morgan fingerprint density at radius 3 is 2.42 bits per heavy atom. The van der Waals surface area contributed by atoms with Crippen LogP contribution < -0.4 is 14.8 Å². The molecular formula is C18H25NO5. The van der Waals surface area contributed by atoms with Crippen molar-refractivity contribution in [3.8, 4) is 11.5 Å². The summed E-state index contributed by atoms with van der Waals surface area (Å²) in [6, 6.07) is 4.53. The van der Waals surface area contributed by atoms with Crippen LogP contribution in [0.5, 0.6) is 11.5 Å². The molecule has 1 aromatic carbocycles. The molecule has 0 saturated heterocycles. The molecule has 1 amide bonds. The number of benzene rings is 1. The van der Waals surface area contributed by atoms with E-state index in [0.29, 0.717) is 11.5 Å². The zero-order chi connectivity index (χ0) is 17.5. The second-order valence-corrected chi connectivity index (χ2v) is 6.13. The predicted molar refractivity (Wildman–Crippen MR) is 89.7 cm³/mol. The van der Waals surface area contributed by atoms with Gasteiger partial charge in [0, 0.05) is 6.04 Å². The number of carboxylic acid groups (broad SMARTS) is 1. The van der Waals surface area contributed by atoms with Crippen LogP contribution in [-0.4, -0.2) is 36.2 Å². The highest BCUT2D eigenvalue weighted by Crippen LogP contribution is 2.29. The van der Waals surface area contributed by atoms with E-state index in [1.807, 2.05) is 0 Å². The summed E-state index contributed by atoms with van der Waals surface area (Å²) >= 11 is 0. The maximum Gasteiger partial charge on any atom is 0.335 e. The number of rotatable bonds is 6. The molecule has 0 radical (unpaired) electrons. The largest absolute Gasteiger partial charge is 0.493 e. The first kappa shape index (κ1) is 18.1. The van der Waals surface area contributed by atoms with Crippen molar-refractivity contribution in [2.24, 2.45) is 0 Å². The molecule has 2 N–H and O–H groups in total. The molecule has 1 fully saturated rings. The Kier molecular flexibility index (Phi) is 6.46. The molecule has 132 valence electrons. The summed E-state index contributed by atoms with van der Waals surface area (Å²) in [5.41, 5.74) is 0.106. The third-order valence-electron chi connectivity index (χ3n) is 4.29. The van der Waals surface area contributed by atoms with Crippen molar-refractivity contribution in [2.75, 3.05) is 7.11 Å². The van der Waals surface area contributed by atoms with Crippen LogP contribution in [0.2, 0.25) is 0 Å². The zero-order valence-electron chi connectivity index (χ0n) is 14.2. The van der Waals surface area contributed by atoms with Gasteiger partial charge in [0.15, 0.2) is 17.6 Å². The van der Waals surface area contributed by atoms with Gasteiger partial charge in [0.1, 0.15) is 0 Å². The number of carbonyl (C=O) groups excluding carboxylic acids is 1. The van der Waals surface area contributed by atoms with Crippen LogP contribution >= 0.6 is 0 Å². The first-order valence-corrected chi connectivity index (χ1v) is 8.39. The smallest absolute Gasteiger partial charge is 0.335 e. The fourth-order valence-corrected chi connectivity index (χ4v) is 2.88. The van der Waals surface area contributed by atoms with E-state index in [9.17, 15) is 9.59 Å². The highest BCUT2D eigenvalue weighted by Gasteiger charge is 2.21. The highest BCUT2D eigenvalue weighted by atomic mass is 16.5. The predicted octanol–water partition coefficient (Wildman–Crippen LogP) is 3.00. The molecule has 6 heteroatoms. The van der Waals surface area contributed by atoms with E-state index >= 15 is 0 Å². The molecule has 6 nitrogen and oxygen atoms in total. The lowest BCUT2D eigenvalue weighted by Gasteiger charge is -2.21. The molecule has 1 aliphatic carbocycles. The molecule has 1 atom stereocenters. The summed E-state index contributed by atoms with van der Waals surface area (Å²) in [7, 11) is 1.43. The lowest BCUT2D eigenvalue weighted by molar-refractivity contribution is -0.128. The van der Waals surface area contributed by atoms with E-state index < -0.39 is 12.1 Å². The van der Waals surface area contributed by atoms with E-state index in [4.69, 9.17) is 14.6 Å². The van der Waals surface area contributed by atoms with E-state index in [2.05, 4.69) is 5.32 Å². The molecule has 0 heterocycles. The fraction of sp³-hybridized carbons (Fsp3) is 0.556. The lowest BCUT2D eigenvalue weighted by Crippen LogP contribution is -2.42. The number of carbonyl (C=O) groups is 2. The van der Waals surface area contributed by atoms with Crippen LogP contribution in [0.3, 0.4) is 0 Å². The molecule has 1 aliphatic rings. The topological polar surface area (TPSA) is 84.9 Å². The number of hydrogen-bond donors (Lipinski definition) is 2. The average Bonchev–Trinajstić information content (AvgIpc) is 2.83. The van der Waals surface area contributed by atoms with Crippen molar-refractivity contribution in [3.05, 3.63) is 23.8 Å². The SMILES string of the molecule is COc1cc(C(=O)O)ccc1OC(C)C(=O)NC1CCCCCC1. The van der Waals surface area contributed by atoms with E-state index in [0.717, 1.165) is 25.7 Å². The quantitative estimate of drug-likeness (QED) is 0.781. The Bertz CT molecular complexity index is 579. The van der Waals surface area contributed by atoms with Crippen molar-refractivity contribution >= 4 is 11.9 Å². The fourth-order valence-electron chi connectivity index (χ4n) is 2.88. The normalized spacial score (nSPS) is 16.8. The molecule has 1 aromatic rings. The van der Waals surface area contributed by atoms with Crippen molar-refractivity contribution in [2.45, 2.75) is 57.6 Å². The van der Waals surface area contributed by atoms with Gasteiger partial charge < -0.3 is 19.9 Å². The first-order chi connectivity index (χ1) is 11.5. The molecule has 0 aromatic heterocycles. The summed E-state index contributed by atoms with van der Waals surface area (Å²) < 4.78 is 10.8. The minimum atomic E-state index is -1.04. The standard InChI is InChI=1S/C18H25NO5/c1-12(17(20)19-14-7-5-3-4-6-8-14)24-15-10-9-13(18(21)22)11-16(15)23-2/h9-12,14H,3-8H2,1-2H3,(H,19,20)(H,21,22). The summed E-state index contributed by atoms with van der Waals surface area (Å²) in [5, 5.41) is 12.1. The van der Waals surface area contributed by atoms with Gasteiger partial charge in [-0.2, -0.15) is 0 Å². The molecule has 0 aliphatic heterocycles. The first-order valence-electron chi connectivity index (χ1n) is 8.39. The Balaban J connectivity index is 1.98. The number of carboxylic acids is 1. The van der Waals surface area contributed by atoms with Crippen molar-refractivity contribution in [1.82, 2.24) is 5.32 Å². The van der Waals surface area contributed by atoms with Crippen LogP contribution in [0.15, 0.2) is 18.2 Å². The van der Waals surface area contributed by atoms with Crippen LogP contribution in [0.4, 0.5) is 0 Å². The number of aromatic carboxylic acids is 1. The molecular weight excluding hydrogens is 310 g/mol. The molecule has 0 bridgehead atoms. The van der Waals surface area contributed by atoms with Crippen LogP contribution in [0, 0.1) is 0 Å². The van der Waals surface area contributed by atoms with Gasteiger partial charge in [0.2, 0.25) is 0 Å². The van der Waals surface area contributed by atoms with Gasteiger partial charge in [-0.05, 0) is 38.0 Å². The number of nitrogens with one attached hydrogen (secondary N) is 1. The second kappa shape index (κ2) is 8.57. The van der Waals surface area contributed by atoms with E-state index in [-0.39, 0.29) is 17.5 Å². The maximum absolute atomic E-state index is 12.3. The highest BCUT2D eigenvalue weighted by molar-refractivity contribution is 5.88. The lowest BCUT2D eigenvalue weighted by atomic mass is 10.1. The summed E-state index contributed by atoms with van der Waals surface area (Å²) in [5.74, 6) is -0.555. The minimum absolute atomic E-state index is 0.106. The van der Waals surface area contributed by atoms with E-state index in [1.54, 1.807) is 6.92 Å². The third-order valence-corrected chi connectivity index (χ3v) is 4.29. The average molecular weight is 335 g/mol. The van der Waals surface area contributed by atoms with Crippen LogP contribution in [0.25, 0.3) is 0 Å². The Morgan fingerprint density at radius 2 is 1.83 bits per heavy atom. The third kappa shape index (κ3) is 4.88. The van der Waals surface area contributed by atoms with E-state index in [1.165, 1.54) is 38.2 Å². The number of ether oxygens (including phenoxy) is 2. The number of methoxy groups -OCH3 is 1. The van der Waals surface area contributed by atoms with Gasteiger partial charge in [-0.3, -0.25) is 4.79 Å². The summed E-state index contributed by atoms with van der Waals surface area (Å²) in [6.07, 6.45) is 6.08. The molecule has 0 spiro atoms. The van der Waals surface area contributed by atoms with Crippen molar-refractivity contribution in [3.63, 3.8) is 0 Å². The van der Waals surface area contributed by atoms with Gasteiger partial charge in [-0.1, -0.05) is 25.7 Å². The Hall–Kier alpha value is -2.24. The minimum Gasteiger partial charge on any atom is -0.493 e. The van der Waals surface area contributed by atoms with Crippen molar-refractivity contribution < 1.29 is 24.2 Å². The second-order valence-electron chi connectivity index (χ2n) is 6.13. The maximum atomic E-state index is 12.3. The van der Waals surface area contributed by atoms with Gasteiger partial charge in [-0.25, -0.2) is 4.79 Å². The molecule has 1 saturated carbocycles. The number of amides is 1. The molecule has 1 unspecified atom stereocenters. The zero-order valence-corrected chi connectivity index (χ0v) is 14.2.